The molecule has 0 bridgehead atoms. The molecule has 0 aromatic rings. The van der Waals surface area contributed by atoms with Gasteiger partial charge in [-0.15, -0.1) is 0 Å². The van der Waals surface area contributed by atoms with Gasteiger partial charge < -0.3 is 9.84 Å². The highest BCUT2D eigenvalue weighted by Crippen LogP contribution is 2.21. The Labute approximate surface area is 78.4 Å². The summed E-state index contributed by atoms with van der Waals surface area (Å²) in [5, 5.41) is 9.48. The van der Waals surface area contributed by atoms with E-state index >= 15 is 0 Å². The third-order valence-corrected chi connectivity index (χ3v) is 2.24. The van der Waals surface area contributed by atoms with E-state index < -0.39 is 6.10 Å². The lowest BCUT2D eigenvalue weighted by molar-refractivity contribution is -0.151. The number of aliphatic hydroxyl groups is 1. The van der Waals surface area contributed by atoms with Gasteiger partial charge in [0, 0.05) is 6.08 Å². The van der Waals surface area contributed by atoms with E-state index in [2.05, 4.69) is 0 Å². The highest BCUT2D eigenvalue weighted by atomic mass is 16.6. The van der Waals surface area contributed by atoms with Crippen LogP contribution in [0, 0.1) is 0 Å². The number of hydrogen-bond acceptors (Lipinski definition) is 3. The van der Waals surface area contributed by atoms with Gasteiger partial charge in [0.2, 0.25) is 0 Å². The second kappa shape index (κ2) is 5.02. The summed E-state index contributed by atoms with van der Waals surface area (Å²) in [4.78, 5) is 11.0. The van der Waals surface area contributed by atoms with Crippen LogP contribution in [-0.2, 0) is 9.53 Å². The van der Waals surface area contributed by atoms with Gasteiger partial charge in [-0.3, -0.25) is 0 Å². The Morgan fingerprint density at radius 1 is 1.46 bits per heavy atom. The van der Waals surface area contributed by atoms with Crippen molar-refractivity contribution in [1.29, 1.82) is 0 Å². The van der Waals surface area contributed by atoms with Crippen molar-refractivity contribution in [2.24, 2.45) is 0 Å². The van der Waals surface area contributed by atoms with Crippen molar-refractivity contribution in [2.75, 3.05) is 0 Å². The van der Waals surface area contributed by atoms with Crippen LogP contribution >= 0.6 is 0 Å². The lowest BCUT2D eigenvalue weighted by atomic mass is 9.95. The van der Waals surface area contributed by atoms with Crippen LogP contribution in [0.4, 0.5) is 0 Å². The summed E-state index contributed by atoms with van der Waals surface area (Å²) >= 11 is 0. The van der Waals surface area contributed by atoms with E-state index in [1.165, 1.54) is 6.08 Å². The Hall–Kier alpha value is -0.830. The molecule has 3 heteroatoms. The molecule has 2 atom stereocenters. The van der Waals surface area contributed by atoms with Crippen LogP contribution in [0.15, 0.2) is 12.2 Å². The van der Waals surface area contributed by atoms with E-state index in [0.29, 0.717) is 0 Å². The number of allylic oxidation sites excluding steroid dienone is 1. The number of ether oxygens (including phenoxy) is 1. The first-order valence-electron chi connectivity index (χ1n) is 4.75. The summed E-state index contributed by atoms with van der Waals surface area (Å²) in [7, 11) is 0. The van der Waals surface area contributed by atoms with Gasteiger partial charge in [0.25, 0.3) is 0 Å². The van der Waals surface area contributed by atoms with Gasteiger partial charge in [0.1, 0.15) is 6.10 Å². The first-order chi connectivity index (χ1) is 6.24. The molecule has 13 heavy (non-hydrogen) atoms. The summed E-state index contributed by atoms with van der Waals surface area (Å²) in [6.45, 7) is 1.76. The van der Waals surface area contributed by atoms with Crippen LogP contribution in [0.2, 0.25) is 0 Å². The third-order valence-electron chi connectivity index (χ3n) is 2.24. The maximum Gasteiger partial charge on any atom is 0.330 e. The summed E-state index contributed by atoms with van der Waals surface area (Å²) in [6, 6.07) is 0. The molecule has 0 radical (unpaired) electrons. The van der Waals surface area contributed by atoms with Crippen LogP contribution in [0.1, 0.15) is 32.6 Å². The Morgan fingerprint density at radius 3 is 2.77 bits per heavy atom. The van der Waals surface area contributed by atoms with Gasteiger partial charge >= 0.3 is 5.97 Å². The smallest absolute Gasteiger partial charge is 0.330 e. The lowest BCUT2D eigenvalue weighted by Crippen LogP contribution is -2.33. The van der Waals surface area contributed by atoms with Crippen LogP contribution in [0.5, 0.6) is 0 Å². The van der Waals surface area contributed by atoms with E-state index in [0.717, 1.165) is 25.7 Å². The molecule has 0 aromatic heterocycles. The fourth-order valence-electron chi connectivity index (χ4n) is 1.54. The van der Waals surface area contributed by atoms with Crippen molar-refractivity contribution in [3.05, 3.63) is 12.2 Å². The molecule has 74 valence electrons. The average Bonchev–Trinajstić information content (AvgIpc) is 2.09. The standard InChI is InChI=1S/C10H16O3/c1-2-5-10(12)13-9-7-4-3-6-8(9)11/h2,5,8-9,11H,3-4,6-7H2,1H3. The molecule has 0 spiro atoms. The highest BCUT2D eigenvalue weighted by molar-refractivity contribution is 5.81. The largest absolute Gasteiger partial charge is 0.456 e. The fraction of sp³-hybridized carbons (Fsp3) is 0.700. The molecule has 0 aliphatic heterocycles. The van der Waals surface area contributed by atoms with E-state index in [4.69, 9.17) is 4.74 Å². The molecular formula is C10H16O3. The number of carbonyl (C=O) groups excluding carboxylic acids is 1. The minimum Gasteiger partial charge on any atom is -0.456 e. The van der Waals surface area contributed by atoms with Crippen molar-refractivity contribution >= 4 is 5.97 Å². The minimum atomic E-state index is -0.469. The minimum absolute atomic E-state index is 0.294. The van der Waals surface area contributed by atoms with Gasteiger partial charge in [-0.25, -0.2) is 4.79 Å². The monoisotopic (exact) mass is 184 g/mol. The highest BCUT2D eigenvalue weighted by Gasteiger charge is 2.25. The van der Waals surface area contributed by atoms with Crippen molar-refractivity contribution in [3.8, 4) is 0 Å². The Kier molecular flexibility index (Phi) is 3.96. The molecule has 0 saturated heterocycles. The van der Waals surface area contributed by atoms with Crippen LogP contribution < -0.4 is 0 Å². The van der Waals surface area contributed by atoms with Crippen molar-refractivity contribution in [1.82, 2.24) is 0 Å². The first kappa shape index (κ1) is 10.3. The number of esters is 1. The Bertz CT molecular complexity index is 198. The number of rotatable bonds is 2. The fourth-order valence-corrected chi connectivity index (χ4v) is 1.54. The molecule has 0 heterocycles. The Balaban J connectivity index is 2.37. The Morgan fingerprint density at radius 2 is 2.15 bits per heavy atom. The molecule has 1 N–H and O–H groups in total. The summed E-state index contributed by atoms with van der Waals surface area (Å²) in [5.74, 6) is -0.353. The van der Waals surface area contributed by atoms with E-state index in [1.807, 2.05) is 0 Å². The summed E-state index contributed by atoms with van der Waals surface area (Å²) < 4.78 is 5.07. The third kappa shape index (κ3) is 3.19. The zero-order valence-corrected chi connectivity index (χ0v) is 7.90. The quantitative estimate of drug-likeness (QED) is 0.521. The average molecular weight is 184 g/mol. The predicted molar refractivity (Wildman–Crippen MR) is 49.2 cm³/mol. The van der Waals surface area contributed by atoms with Crippen molar-refractivity contribution < 1.29 is 14.6 Å². The van der Waals surface area contributed by atoms with Crippen molar-refractivity contribution in [3.63, 3.8) is 0 Å². The zero-order valence-electron chi connectivity index (χ0n) is 7.90. The zero-order chi connectivity index (χ0) is 9.68. The molecular weight excluding hydrogens is 168 g/mol. The van der Waals surface area contributed by atoms with Crippen LogP contribution in [-0.4, -0.2) is 23.3 Å². The molecule has 0 aromatic carbocycles. The second-order valence-corrected chi connectivity index (χ2v) is 3.33. The van der Waals surface area contributed by atoms with Gasteiger partial charge in [-0.2, -0.15) is 0 Å². The number of aliphatic hydroxyl groups excluding tert-OH is 1. The van der Waals surface area contributed by atoms with Gasteiger partial charge in [-0.1, -0.05) is 12.5 Å². The molecule has 1 aliphatic rings. The van der Waals surface area contributed by atoms with E-state index in [9.17, 15) is 9.90 Å². The molecule has 2 unspecified atom stereocenters. The normalized spacial score (nSPS) is 29.1. The topological polar surface area (TPSA) is 46.5 Å². The number of hydrogen-bond donors (Lipinski definition) is 1. The maximum absolute atomic E-state index is 11.0. The second-order valence-electron chi connectivity index (χ2n) is 3.33. The van der Waals surface area contributed by atoms with Gasteiger partial charge in [0.05, 0.1) is 6.10 Å². The van der Waals surface area contributed by atoms with E-state index in [1.54, 1.807) is 13.0 Å². The van der Waals surface area contributed by atoms with Gasteiger partial charge in [-0.05, 0) is 26.2 Å². The summed E-state index contributed by atoms with van der Waals surface area (Å²) in [5.41, 5.74) is 0. The summed E-state index contributed by atoms with van der Waals surface area (Å²) in [6.07, 6.45) is 5.83. The molecule has 0 amide bonds. The molecule has 3 nitrogen and oxygen atoms in total. The molecule has 1 rings (SSSR count). The molecule has 1 aliphatic carbocycles. The molecule has 1 saturated carbocycles. The predicted octanol–water partition coefficient (Wildman–Crippen LogP) is 1.41. The number of carbonyl (C=O) groups is 1. The molecule has 1 fully saturated rings. The maximum atomic E-state index is 11.0. The van der Waals surface area contributed by atoms with Crippen LogP contribution in [0.25, 0.3) is 0 Å². The van der Waals surface area contributed by atoms with Crippen LogP contribution in [0.3, 0.4) is 0 Å². The lowest BCUT2D eigenvalue weighted by Gasteiger charge is -2.26. The SMILES string of the molecule is CC=CC(=O)OC1CCCCC1O. The van der Waals surface area contributed by atoms with E-state index in [-0.39, 0.29) is 12.1 Å². The van der Waals surface area contributed by atoms with Crippen molar-refractivity contribution in [2.45, 2.75) is 44.8 Å². The first-order valence-corrected chi connectivity index (χ1v) is 4.75. The van der Waals surface area contributed by atoms with Gasteiger partial charge in [0.15, 0.2) is 0 Å².